The number of halogens is 2. The van der Waals surface area contributed by atoms with Gasteiger partial charge >= 0.3 is 0 Å². The maximum absolute atomic E-state index is 13.1. The minimum Gasteiger partial charge on any atom is -0.268 e. The van der Waals surface area contributed by atoms with E-state index in [9.17, 15) is 8.42 Å². The van der Waals surface area contributed by atoms with Crippen molar-refractivity contribution in [3.63, 3.8) is 0 Å². The summed E-state index contributed by atoms with van der Waals surface area (Å²) in [6.07, 6.45) is 6.84. The molecule has 2 aromatic rings. The first kappa shape index (κ1) is 16.6. The van der Waals surface area contributed by atoms with Gasteiger partial charge < -0.3 is 0 Å². The van der Waals surface area contributed by atoms with Crippen LogP contribution in [0.5, 0.6) is 0 Å². The van der Waals surface area contributed by atoms with Gasteiger partial charge in [-0.25, -0.2) is 8.42 Å². The fourth-order valence-electron chi connectivity index (χ4n) is 3.96. The first-order chi connectivity index (χ1) is 11.4. The van der Waals surface area contributed by atoms with Crippen LogP contribution in [0.2, 0.25) is 5.02 Å². The Morgan fingerprint density at radius 3 is 2.25 bits per heavy atom. The summed E-state index contributed by atoms with van der Waals surface area (Å²) in [4.78, 5) is 0.364. The molecule has 128 valence electrons. The summed E-state index contributed by atoms with van der Waals surface area (Å²) in [5, 5.41) is 4.92. The lowest BCUT2D eigenvalue weighted by atomic mass is 10.00. The number of sulfonamides is 1. The van der Waals surface area contributed by atoms with Crippen LogP contribution >= 0.6 is 27.5 Å². The molecular weight excluding hydrogens is 414 g/mol. The summed E-state index contributed by atoms with van der Waals surface area (Å²) >= 11 is 9.32. The number of benzene rings is 1. The number of fused-ring (bicyclic) bond motifs is 2. The molecule has 2 aliphatic rings. The summed E-state index contributed by atoms with van der Waals surface area (Å²) in [6.45, 7) is 0. The third-order valence-corrected chi connectivity index (χ3v) is 7.72. The van der Waals surface area contributed by atoms with Crippen molar-refractivity contribution >= 4 is 37.6 Å². The zero-order valence-electron chi connectivity index (χ0n) is 12.8. The Balaban J connectivity index is 1.61. The molecule has 1 aromatic carbocycles. The second-order valence-electron chi connectivity index (χ2n) is 6.44. The van der Waals surface area contributed by atoms with Gasteiger partial charge in [-0.2, -0.15) is 9.40 Å². The van der Waals surface area contributed by atoms with E-state index in [2.05, 4.69) is 21.0 Å². The van der Waals surface area contributed by atoms with E-state index in [4.69, 9.17) is 11.6 Å². The van der Waals surface area contributed by atoms with Gasteiger partial charge in [0.25, 0.3) is 0 Å². The molecule has 0 aliphatic carbocycles. The molecule has 2 atom stereocenters. The number of piperidine rings is 1. The zero-order valence-corrected chi connectivity index (χ0v) is 16.0. The molecule has 8 heteroatoms. The number of hydrogen-bond donors (Lipinski definition) is 0. The molecule has 2 unspecified atom stereocenters. The number of nitrogens with zero attached hydrogens (tertiary/aromatic N) is 3. The van der Waals surface area contributed by atoms with Gasteiger partial charge in [0, 0.05) is 22.8 Å². The van der Waals surface area contributed by atoms with Crippen LogP contribution in [0.15, 0.2) is 46.0 Å². The number of hydrogen-bond acceptors (Lipinski definition) is 3. The van der Waals surface area contributed by atoms with Crippen molar-refractivity contribution in [3.05, 3.63) is 46.2 Å². The average molecular weight is 431 g/mol. The van der Waals surface area contributed by atoms with Crippen LogP contribution in [0.4, 0.5) is 0 Å². The van der Waals surface area contributed by atoms with Gasteiger partial charge in [0.2, 0.25) is 10.0 Å². The minimum absolute atomic E-state index is 0.0328. The Kier molecular flexibility index (Phi) is 4.23. The highest BCUT2D eigenvalue weighted by Gasteiger charge is 2.47. The molecule has 0 amide bonds. The molecule has 0 spiro atoms. The SMILES string of the molecule is O=S(=O)(c1ccc(Br)cc1)N1C2CCC1CC(n1cc(Cl)cn1)C2. The summed E-state index contributed by atoms with van der Waals surface area (Å²) in [7, 11) is -3.46. The van der Waals surface area contributed by atoms with Crippen molar-refractivity contribution in [2.75, 3.05) is 0 Å². The molecule has 24 heavy (non-hydrogen) atoms. The predicted octanol–water partition coefficient (Wildman–Crippen LogP) is 3.86. The van der Waals surface area contributed by atoms with E-state index in [1.165, 1.54) is 0 Å². The topological polar surface area (TPSA) is 55.2 Å². The summed E-state index contributed by atoms with van der Waals surface area (Å²) < 4.78 is 30.6. The van der Waals surface area contributed by atoms with Gasteiger partial charge in [-0.1, -0.05) is 27.5 Å². The van der Waals surface area contributed by atoms with Crippen molar-refractivity contribution in [2.45, 2.75) is 48.7 Å². The smallest absolute Gasteiger partial charge is 0.243 e. The number of rotatable bonds is 3. The second kappa shape index (κ2) is 6.12. The fourth-order valence-corrected chi connectivity index (χ4v) is 6.26. The van der Waals surface area contributed by atoms with Crippen LogP contribution in [0.25, 0.3) is 0 Å². The van der Waals surface area contributed by atoms with Crippen molar-refractivity contribution in [1.29, 1.82) is 0 Å². The highest BCUT2D eigenvalue weighted by Crippen LogP contribution is 2.43. The van der Waals surface area contributed by atoms with E-state index < -0.39 is 10.0 Å². The van der Waals surface area contributed by atoms with Crippen LogP contribution in [-0.4, -0.2) is 34.6 Å². The lowest BCUT2D eigenvalue weighted by molar-refractivity contribution is 0.185. The van der Waals surface area contributed by atoms with Gasteiger partial charge in [0.15, 0.2) is 0 Å². The second-order valence-corrected chi connectivity index (χ2v) is 9.63. The highest BCUT2D eigenvalue weighted by atomic mass is 79.9. The van der Waals surface area contributed by atoms with Crippen LogP contribution in [0.1, 0.15) is 31.7 Å². The molecule has 5 nitrogen and oxygen atoms in total. The van der Waals surface area contributed by atoms with E-state index in [1.807, 2.05) is 10.9 Å². The molecule has 3 heterocycles. The number of aromatic nitrogens is 2. The van der Waals surface area contributed by atoms with Crippen LogP contribution in [0, 0.1) is 0 Å². The van der Waals surface area contributed by atoms with Crippen LogP contribution in [0.3, 0.4) is 0 Å². The normalized spacial score (nSPS) is 27.5. The van der Waals surface area contributed by atoms with E-state index in [1.54, 1.807) is 34.8 Å². The Morgan fingerprint density at radius 2 is 1.71 bits per heavy atom. The van der Waals surface area contributed by atoms with Crippen molar-refractivity contribution in [3.8, 4) is 0 Å². The van der Waals surface area contributed by atoms with Crippen LogP contribution in [-0.2, 0) is 10.0 Å². The van der Waals surface area contributed by atoms with E-state index in [0.717, 1.165) is 30.2 Å². The summed E-state index contributed by atoms with van der Waals surface area (Å²) in [5.41, 5.74) is 0. The molecule has 2 saturated heterocycles. The largest absolute Gasteiger partial charge is 0.268 e. The monoisotopic (exact) mass is 429 g/mol. The van der Waals surface area contributed by atoms with Gasteiger partial charge in [-0.3, -0.25) is 4.68 Å². The molecule has 0 N–H and O–H groups in total. The van der Waals surface area contributed by atoms with E-state index in [0.29, 0.717) is 9.92 Å². The lowest BCUT2D eigenvalue weighted by Gasteiger charge is -2.37. The van der Waals surface area contributed by atoms with Gasteiger partial charge in [-0.05, 0) is 49.9 Å². The molecule has 0 radical (unpaired) electrons. The highest BCUT2D eigenvalue weighted by molar-refractivity contribution is 9.10. The molecule has 2 bridgehead atoms. The Bertz CT molecular complexity index is 838. The third kappa shape index (κ3) is 2.81. The van der Waals surface area contributed by atoms with Crippen molar-refractivity contribution in [1.82, 2.24) is 14.1 Å². The van der Waals surface area contributed by atoms with Gasteiger partial charge in [0.1, 0.15) is 0 Å². The fraction of sp³-hybridized carbons (Fsp3) is 0.438. The van der Waals surface area contributed by atoms with E-state index in [-0.39, 0.29) is 18.1 Å². The first-order valence-corrected chi connectivity index (χ1v) is 10.5. The van der Waals surface area contributed by atoms with E-state index >= 15 is 0 Å². The quantitative estimate of drug-likeness (QED) is 0.743. The predicted molar refractivity (Wildman–Crippen MR) is 95.5 cm³/mol. The summed E-state index contributed by atoms with van der Waals surface area (Å²) in [6, 6.07) is 7.15. The van der Waals surface area contributed by atoms with Gasteiger partial charge in [0.05, 0.1) is 22.2 Å². The molecule has 1 aromatic heterocycles. The molecule has 4 rings (SSSR count). The third-order valence-electron chi connectivity index (χ3n) is 4.97. The van der Waals surface area contributed by atoms with Crippen LogP contribution < -0.4 is 0 Å². The molecular formula is C16H17BrClN3O2S. The van der Waals surface area contributed by atoms with Crippen molar-refractivity contribution in [2.24, 2.45) is 0 Å². The van der Waals surface area contributed by atoms with Gasteiger partial charge in [-0.15, -0.1) is 0 Å². The average Bonchev–Trinajstić information content (AvgIpc) is 3.10. The Labute approximate surface area is 154 Å². The maximum Gasteiger partial charge on any atom is 0.243 e. The molecule has 2 aliphatic heterocycles. The Morgan fingerprint density at radius 1 is 1.08 bits per heavy atom. The standard InChI is InChI=1S/C16H17BrClN3O2S/c17-11-1-5-16(6-2-11)24(22,23)21-13-3-4-14(21)8-15(7-13)20-10-12(18)9-19-20/h1-2,5-6,9-10,13-15H,3-4,7-8H2. The minimum atomic E-state index is -3.46. The molecule has 0 saturated carbocycles. The molecule has 2 fully saturated rings. The zero-order chi connectivity index (χ0) is 16.9. The maximum atomic E-state index is 13.1. The Hall–Kier alpha value is -0.890. The van der Waals surface area contributed by atoms with Crippen molar-refractivity contribution < 1.29 is 8.42 Å². The summed E-state index contributed by atoms with van der Waals surface area (Å²) in [5.74, 6) is 0. The first-order valence-electron chi connectivity index (χ1n) is 7.94. The lowest BCUT2D eigenvalue weighted by Crippen LogP contribution is -2.46.